The van der Waals surface area contributed by atoms with E-state index in [4.69, 9.17) is 17.3 Å². The molecule has 5 heteroatoms. The third kappa shape index (κ3) is 3.68. The van der Waals surface area contributed by atoms with Crippen LogP contribution in [0.2, 0.25) is 5.02 Å². The minimum Gasteiger partial charge on any atom is -0.469 e. The Morgan fingerprint density at radius 1 is 1.59 bits per heavy atom. The minimum absolute atomic E-state index is 0.213. The summed E-state index contributed by atoms with van der Waals surface area (Å²) < 4.78 is 17.7. The summed E-state index contributed by atoms with van der Waals surface area (Å²) in [5.41, 5.74) is 7.03. The van der Waals surface area contributed by atoms with Gasteiger partial charge in [0.25, 0.3) is 0 Å². The summed E-state index contributed by atoms with van der Waals surface area (Å²) >= 11 is 5.91. The smallest absolute Gasteiger partial charge is 0.305 e. The molecule has 0 aliphatic heterocycles. The zero-order chi connectivity index (χ0) is 13.0. The molecule has 0 bridgehead atoms. The van der Waals surface area contributed by atoms with Crippen molar-refractivity contribution < 1.29 is 13.9 Å². The molecular formula is C12H15ClFNO2. The van der Waals surface area contributed by atoms with Crippen molar-refractivity contribution in [3.8, 4) is 0 Å². The van der Waals surface area contributed by atoms with Crippen LogP contribution in [-0.2, 0) is 9.53 Å². The molecule has 1 aromatic rings. The van der Waals surface area contributed by atoms with Gasteiger partial charge in [-0.15, -0.1) is 0 Å². The molecule has 0 saturated heterocycles. The van der Waals surface area contributed by atoms with Crippen LogP contribution in [0.5, 0.6) is 0 Å². The van der Waals surface area contributed by atoms with Gasteiger partial charge in [0.05, 0.1) is 7.11 Å². The fourth-order valence-electron chi connectivity index (χ4n) is 1.49. The second kappa shape index (κ2) is 5.98. The predicted octanol–water partition coefficient (Wildman–Crippen LogP) is 2.74. The van der Waals surface area contributed by atoms with Gasteiger partial charge in [0.2, 0.25) is 0 Å². The van der Waals surface area contributed by atoms with E-state index in [0.29, 0.717) is 17.5 Å². The van der Waals surface area contributed by atoms with Gasteiger partial charge in [-0.05, 0) is 30.5 Å². The Bertz CT molecular complexity index is 423. The number of rotatable bonds is 4. The first-order valence-electron chi connectivity index (χ1n) is 5.23. The van der Waals surface area contributed by atoms with E-state index in [1.54, 1.807) is 13.0 Å². The van der Waals surface area contributed by atoms with Gasteiger partial charge in [0.15, 0.2) is 0 Å². The van der Waals surface area contributed by atoms with Gasteiger partial charge in [-0.25, -0.2) is 4.39 Å². The summed E-state index contributed by atoms with van der Waals surface area (Å²) in [5, 5.41) is 0.283. The Morgan fingerprint density at radius 2 is 2.24 bits per heavy atom. The lowest BCUT2D eigenvalue weighted by molar-refractivity contribution is -0.140. The molecular weight excluding hydrogens is 245 g/mol. The molecule has 1 rings (SSSR count). The highest BCUT2D eigenvalue weighted by Crippen LogP contribution is 2.27. The molecule has 1 unspecified atom stereocenters. The molecule has 0 radical (unpaired) electrons. The number of hydrogen-bond donors (Lipinski definition) is 1. The maximum absolute atomic E-state index is 13.2. The number of hydrogen-bond acceptors (Lipinski definition) is 3. The zero-order valence-corrected chi connectivity index (χ0v) is 10.6. The van der Waals surface area contributed by atoms with Crippen molar-refractivity contribution in [3.63, 3.8) is 0 Å². The van der Waals surface area contributed by atoms with Gasteiger partial charge in [-0.1, -0.05) is 17.7 Å². The molecule has 0 aromatic heterocycles. The van der Waals surface area contributed by atoms with Gasteiger partial charge in [-0.3, -0.25) is 4.79 Å². The van der Waals surface area contributed by atoms with Crippen molar-refractivity contribution in [2.75, 3.05) is 7.11 Å². The van der Waals surface area contributed by atoms with Crippen LogP contribution < -0.4 is 5.73 Å². The molecule has 0 heterocycles. The highest BCUT2D eigenvalue weighted by atomic mass is 35.5. The number of carbonyl (C=O) groups excluding carboxylic acids is 1. The van der Waals surface area contributed by atoms with Gasteiger partial charge >= 0.3 is 5.97 Å². The average molecular weight is 260 g/mol. The van der Waals surface area contributed by atoms with Gasteiger partial charge < -0.3 is 10.5 Å². The molecule has 0 amide bonds. The van der Waals surface area contributed by atoms with Crippen molar-refractivity contribution >= 4 is 17.6 Å². The van der Waals surface area contributed by atoms with E-state index in [-0.39, 0.29) is 23.2 Å². The van der Waals surface area contributed by atoms with Crippen LogP contribution in [0.1, 0.15) is 30.0 Å². The number of benzene rings is 1. The number of halogens is 2. The van der Waals surface area contributed by atoms with Crippen LogP contribution in [0.3, 0.4) is 0 Å². The lowest BCUT2D eigenvalue weighted by atomic mass is 10.0. The van der Waals surface area contributed by atoms with Crippen LogP contribution in [0.15, 0.2) is 12.1 Å². The maximum Gasteiger partial charge on any atom is 0.305 e. The number of nitrogens with two attached hydrogens (primary N) is 1. The summed E-state index contributed by atoms with van der Waals surface area (Å²) in [6.45, 7) is 1.64. The van der Waals surface area contributed by atoms with Crippen molar-refractivity contribution in [3.05, 3.63) is 34.1 Å². The van der Waals surface area contributed by atoms with Gasteiger partial charge in [0.1, 0.15) is 5.82 Å². The van der Waals surface area contributed by atoms with Crippen molar-refractivity contribution in [1.29, 1.82) is 0 Å². The second-order valence-electron chi connectivity index (χ2n) is 3.84. The Balaban J connectivity index is 2.78. The minimum atomic E-state index is -0.402. The summed E-state index contributed by atoms with van der Waals surface area (Å²) in [6.07, 6.45) is 0.627. The first kappa shape index (κ1) is 13.9. The quantitative estimate of drug-likeness (QED) is 0.846. The van der Waals surface area contributed by atoms with Gasteiger partial charge in [0, 0.05) is 17.5 Å². The lowest BCUT2D eigenvalue weighted by Crippen LogP contribution is -2.14. The van der Waals surface area contributed by atoms with Crippen LogP contribution in [0.25, 0.3) is 0 Å². The number of aryl methyl sites for hydroxylation is 1. The summed E-state index contributed by atoms with van der Waals surface area (Å²) in [7, 11) is 1.32. The van der Waals surface area contributed by atoms with E-state index >= 15 is 0 Å². The van der Waals surface area contributed by atoms with Crippen LogP contribution >= 0.6 is 11.6 Å². The van der Waals surface area contributed by atoms with E-state index in [2.05, 4.69) is 4.74 Å². The third-order valence-electron chi connectivity index (χ3n) is 2.56. The molecule has 1 atom stereocenters. The van der Waals surface area contributed by atoms with E-state index in [1.807, 2.05) is 0 Å². The van der Waals surface area contributed by atoms with Crippen LogP contribution in [-0.4, -0.2) is 13.1 Å². The topological polar surface area (TPSA) is 52.3 Å². The third-order valence-corrected chi connectivity index (χ3v) is 2.89. The van der Waals surface area contributed by atoms with Crippen molar-refractivity contribution in [1.82, 2.24) is 0 Å². The molecule has 17 heavy (non-hydrogen) atoms. The molecule has 2 N–H and O–H groups in total. The molecule has 0 spiro atoms. The van der Waals surface area contributed by atoms with Crippen LogP contribution in [0, 0.1) is 12.7 Å². The monoisotopic (exact) mass is 259 g/mol. The highest BCUT2D eigenvalue weighted by Gasteiger charge is 2.14. The van der Waals surface area contributed by atoms with E-state index < -0.39 is 6.04 Å². The number of ether oxygens (including phenoxy) is 1. The highest BCUT2D eigenvalue weighted by molar-refractivity contribution is 6.31. The molecule has 3 nitrogen and oxygen atoms in total. The lowest BCUT2D eigenvalue weighted by Gasteiger charge is -2.14. The molecule has 0 saturated carbocycles. The van der Waals surface area contributed by atoms with Gasteiger partial charge in [-0.2, -0.15) is 0 Å². The molecule has 1 aromatic carbocycles. The van der Waals surface area contributed by atoms with E-state index in [1.165, 1.54) is 13.2 Å². The molecule has 0 fully saturated rings. The number of esters is 1. The SMILES string of the molecule is COC(=O)CCC(N)c1cc(C)c(F)cc1Cl. The van der Waals surface area contributed by atoms with Crippen molar-refractivity contribution in [2.45, 2.75) is 25.8 Å². The standard InChI is InChI=1S/C12H15ClFNO2/c1-7-5-8(9(13)6-10(7)14)11(15)3-4-12(16)17-2/h5-6,11H,3-4,15H2,1-2H3. The Kier molecular flexibility index (Phi) is 4.90. The fraction of sp³-hybridized carbons (Fsp3) is 0.417. The normalized spacial score (nSPS) is 12.3. The Morgan fingerprint density at radius 3 is 2.82 bits per heavy atom. The Labute approximate surface area is 105 Å². The van der Waals surface area contributed by atoms with Crippen LogP contribution in [0.4, 0.5) is 4.39 Å². The van der Waals surface area contributed by atoms with Crippen molar-refractivity contribution in [2.24, 2.45) is 5.73 Å². The maximum atomic E-state index is 13.2. The molecule has 0 aliphatic rings. The summed E-state index contributed by atoms with van der Waals surface area (Å²) in [6, 6.07) is 2.45. The zero-order valence-electron chi connectivity index (χ0n) is 9.80. The Hall–Kier alpha value is -1.13. The summed E-state index contributed by atoms with van der Waals surface area (Å²) in [5.74, 6) is -0.686. The number of methoxy groups -OCH3 is 1. The predicted molar refractivity (Wildman–Crippen MR) is 64.3 cm³/mol. The second-order valence-corrected chi connectivity index (χ2v) is 4.25. The summed E-state index contributed by atoms with van der Waals surface area (Å²) in [4.78, 5) is 11.0. The van der Waals surface area contributed by atoms with E-state index in [0.717, 1.165) is 0 Å². The fourth-order valence-corrected chi connectivity index (χ4v) is 1.79. The first-order chi connectivity index (χ1) is 7.95. The molecule has 0 aliphatic carbocycles. The molecule has 94 valence electrons. The first-order valence-corrected chi connectivity index (χ1v) is 5.61. The largest absolute Gasteiger partial charge is 0.469 e. The average Bonchev–Trinajstić information content (AvgIpc) is 2.30. The number of carbonyl (C=O) groups is 1. The van der Waals surface area contributed by atoms with E-state index in [9.17, 15) is 9.18 Å².